The molecule has 0 aromatic rings. The summed E-state index contributed by atoms with van der Waals surface area (Å²) in [5.74, 6) is 0. The summed E-state index contributed by atoms with van der Waals surface area (Å²) >= 11 is 0. The van der Waals surface area contributed by atoms with Crippen LogP contribution in [0.1, 0.15) is 27.2 Å². The van der Waals surface area contributed by atoms with Gasteiger partial charge >= 0.3 is 6.09 Å². The van der Waals surface area contributed by atoms with Gasteiger partial charge in [0.25, 0.3) is 0 Å². The van der Waals surface area contributed by atoms with Crippen LogP contribution in [0.4, 0.5) is 4.79 Å². The minimum absolute atomic E-state index is 0.0158. The number of hydrogen-bond donors (Lipinski definition) is 0. The first-order valence-corrected chi connectivity index (χ1v) is 4.49. The fourth-order valence-electron chi connectivity index (χ4n) is 1.06. The van der Waals surface area contributed by atoms with Gasteiger partial charge in [0.05, 0.1) is 12.5 Å². The maximum absolute atomic E-state index is 11.4. The highest BCUT2D eigenvalue weighted by molar-refractivity contribution is 5.70. The van der Waals surface area contributed by atoms with Crippen molar-refractivity contribution >= 4 is 6.09 Å². The topological polar surface area (TPSA) is 53.3 Å². The van der Waals surface area contributed by atoms with Crippen LogP contribution in [0.5, 0.6) is 0 Å². The molecule has 0 radical (unpaired) electrons. The third kappa shape index (κ3) is 3.94. The van der Waals surface area contributed by atoms with Crippen molar-refractivity contribution in [2.24, 2.45) is 0 Å². The normalized spacial score (nSPS) is 9.36. The summed E-state index contributed by atoms with van der Waals surface area (Å²) in [7, 11) is 0. The van der Waals surface area contributed by atoms with Gasteiger partial charge < -0.3 is 4.74 Å². The van der Waals surface area contributed by atoms with E-state index >= 15 is 0 Å². The Morgan fingerprint density at radius 2 is 2.21 bits per heavy atom. The molecule has 0 bridgehead atoms. The summed E-state index contributed by atoms with van der Waals surface area (Å²) in [6, 6.07) is 1.92. The molecule has 0 atom stereocenters. The van der Waals surface area contributed by atoms with Gasteiger partial charge in [-0.05, 0) is 20.8 Å². The van der Waals surface area contributed by atoms with Crippen molar-refractivity contribution in [1.29, 1.82) is 5.26 Å². The number of allylic oxidation sites excluding steroid dienone is 1. The van der Waals surface area contributed by atoms with Crippen LogP contribution in [0.3, 0.4) is 0 Å². The fourth-order valence-corrected chi connectivity index (χ4v) is 1.06. The Hall–Kier alpha value is -1.50. The number of rotatable bonds is 4. The first-order chi connectivity index (χ1) is 6.50. The molecule has 0 saturated carbocycles. The predicted molar refractivity (Wildman–Crippen MR) is 53.4 cm³/mol. The summed E-state index contributed by atoms with van der Waals surface area (Å²) in [4.78, 5) is 12.9. The van der Waals surface area contributed by atoms with E-state index in [0.29, 0.717) is 5.70 Å². The summed E-state index contributed by atoms with van der Waals surface area (Å²) in [5.41, 5.74) is 0.641. The molecule has 14 heavy (non-hydrogen) atoms. The molecule has 4 heteroatoms. The van der Waals surface area contributed by atoms with Crippen molar-refractivity contribution in [2.45, 2.75) is 33.2 Å². The summed E-state index contributed by atoms with van der Waals surface area (Å²) in [6.45, 7) is 9.31. The highest BCUT2D eigenvalue weighted by Gasteiger charge is 2.18. The molecule has 0 N–H and O–H groups in total. The van der Waals surface area contributed by atoms with Crippen molar-refractivity contribution in [2.75, 3.05) is 6.61 Å². The lowest BCUT2D eigenvalue weighted by molar-refractivity contribution is 0.107. The Morgan fingerprint density at radius 3 is 2.57 bits per heavy atom. The van der Waals surface area contributed by atoms with Crippen LogP contribution in [0.15, 0.2) is 12.3 Å². The number of hydrogen-bond acceptors (Lipinski definition) is 3. The van der Waals surface area contributed by atoms with Crippen LogP contribution < -0.4 is 0 Å². The summed E-state index contributed by atoms with van der Waals surface area (Å²) < 4.78 is 4.87. The average Bonchev–Trinajstić information content (AvgIpc) is 2.03. The van der Waals surface area contributed by atoms with Crippen LogP contribution >= 0.6 is 0 Å². The Balaban J connectivity index is 4.18. The molecule has 0 heterocycles. The van der Waals surface area contributed by atoms with E-state index in [1.165, 1.54) is 4.90 Å². The molecule has 4 nitrogen and oxygen atoms in total. The summed E-state index contributed by atoms with van der Waals surface area (Å²) in [5, 5.41) is 8.26. The zero-order valence-corrected chi connectivity index (χ0v) is 8.91. The van der Waals surface area contributed by atoms with Gasteiger partial charge in [-0.25, -0.2) is 4.79 Å². The SMILES string of the molecule is C=C(C)N(C(=O)OCCC#N)C(C)C. The first-order valence-electron chi connectivity index (χ1n) is 4.49. The highest BCUT2D eigenvalue weighted by Crippen LogP contribution is 2.09. The van der Waals surface area contributed by atoms with Gasteiger partial charge in [0.15, 0.2) is 0 Å². The molecule has 0 spiro atoms. The van der Waals surface area contributed by atoms with E-state index in [4.69, 9.17) is 10.00 Å². The average molecular weight is 196 g/mol. The second-order valence-corrected chi connectivity index (χ2v) is 3.22. The second kappa shape index (κ2) is 6.03. The zero-order chi connectivity index (χ0) is 11.1. The highest BCUT2D eigenvalue weighted by atomic mass is 16.6. The molecule has 0 aliphatic carbocycles. The molecule has 0 aromatic heterocycles. The summed E-state index contributed by atoms with van der Waals surface area (Å²) in [6.07, 6.45) is -0.226. The van der Waals surface area contributed by atoms with Gasteiger partial charge in [-0.1, -0.05) is 6.58 Å². The third-order valence-corrected chi connectivity index (χ3v) is 1.56. The molecular formula is C10H16N2O2. The molecule has 0 aliphatic rings. The van der Waals surface area contributed by atoms with Crippen LogP contribution in [-0.2, 0) is 4.74 Å². The van der Waals surface area contributed by atoms with E-state index in [2.05, 4.69) is 6.58 Å². The molecular weight excluding hydrogens is 180 g/mol. The van der Waals surface area contributed by atoms with Gasteiger partial charge in [-0.3, -0.25) is 4.90 Å². The molecule has 78 valence electrons. The minimum Gasteiger partial charge on any atom is -0.448 e. The van der Waals surface area contributed by atoms with Gasteiger partial charge in [-0.2, -0.15) is 5.26 Å². The zero-order valence-electron chi connectivity index (χ0n) is 8.91. The lowest BCUT2D eigenvalue weighted by Gasteiger charge is -2.25. The maximum atomic E-state index is 11.4. The Morgan fingerprint density at radius 1 is 1.64 bits per heavy atom. The quantitative estimate of drug-likeness (QED) is 0.648. The molecule has 0 aromatic carbocycles. The van der Waals surface area contributed by atoms with Gasteiger partial charge in [0, 0.05) is 11.7 Å². The fraction of sp³-hybridized carbons (Fsp3) is 0.600. The van der Waals surface area contributed by atoms with Crippen molar-refractivity contribution in [3.05, 3.63) is 12.3 Å². The van der Waals surface area contributed by atoms with Crippen molar-refractivity contribution in [1.82, 2.24) is 4.90 Å². The van der Waals surface area contributed by atoms with E-state index in [-0.39, 0.29) is 19.1 Å². The third-order valence-electron chi connectivity index (χ3n) is 1.56. The van der Waals surface area contributed by atoms with Crippen LogP contribution in [0.25, 0.3) is 0 Å². The van der Waals surface area contributed by atoms with Crippen LogP contribution in [-0.4, -0.2) is 23.6 Å². The maximum Gasteiger partial charge on any atom is 0.414 e. The van der Waals surface area contributed by atoms with E-state index in [1.807, 2.05) is 19.9 Å². The molecule has 0 saturated heterocycles. The number of carbonyl (C=O) groups is 1. The van der Waals surface area contributed by atoms with E-state index < -0.39 is 6.09 Å². The monoisotopic (exact) mass is 196 g/mol. The number of carbonyl (C=O) groups excluding carboxylic acids is 1. The first kappa shape index (κ1) is 12.5. The van der Waals surface area contributed by atoms with Gasteiger partial charge in [0.2, 0.25) is 0 Å². The minimum atomic E-state index is -0.442. The lowest BCUT2D eigenvalue weighted by Crippen LogP contribution is -2.35. The smallest absolute Gasteiger partial charge is 0.414 e. The number of nitriles is 1. The van der Waals surface area contributed by atoms with E-state index in [0.717, 1.165) is 0 Å². The van der Waals surface area contributed by atoms with Crippen molar-refractivity contribution in [3.63, 3.8) is 0 Å². The van der Waals surface area contributed by atoms with Gasteiger partial charge in [-0.15, -0.1) is 0 Å². The predicted octanol–water partition coefficient (Wildman–Crippen LogP) is 2.28. The largest absolute Gasteiger partial charge is 0.448 e. The Bertz CT molecular complexity index is 253. The van der Waals surface area contributed by atoms with Crippen molar-refractivity contribution < 1.29 is 9.53 Å². The van der Waals surface area contributed by atoms with E-state index in [9.17, 15) is 4.79 Å². The molecule has 0 fully saturated rings. The lowest BCUT2D eigenvalue weighted by atomic mass is 10.3. The Labute approximate surface area is 84.8 Å². The van der Waals surface area contributed by atoms with E-state index in [1.54, 1.807) is 6.92 Å². The van der Waals surface area contributed by atoms with Crippen LogP contribution in [0, 0.1) is 11.3 Å². The number of nitrogens with zero attached hydrogens (tertiary/aromatic N) is 2. The van der Waals surface area contributed by atoms with Gasteiger partial charge in [0.1, 0.15) is 6.61 Å². The standard InChI is InChI=1S/C10H16N2O2/c1-8(2)12(9(3)4)10(13)14-7-5-6-11/h9H,1,5,7H2,2-4H3. The second-order valence-electron chi connectivity index (χ2n) is 3.22. The molecule has 0 unspecified atom stereocenters. The Kier molecular flexibility index (Phi) is 5.38. The van der Waals surface area contributed by atoms with Crippen molar-refractivity contribution in [3.8, 4) is 6.07 Å². The molecule has 0 aliphatic heterocycles. The van der Waals surface area contributed by atoms with Crippen LogP contribution in [0.2, 0.25) is 0 Å². The number of ether oxygens (including phenoxy) is 1. The number of amides is 1. The molecule has 1 amide bonds. The molecule has 0 rings (SSSR count).